The molecule has 18 heavy (non-hydrogen) atoms. The van der Waals surface area contributed by atoms with Crippen LogP contribution in [-0.2, 0) is 6.42 Å². The number of nitrogens with one attached hydrogen (secondary N) is 1. The van der Waals surface area contributed by atoms with Crippen molar-refractivity contribution in [2.24, 2.45) is 0 Å². The maximum atomic E-state index is 6.21. The summed E-state index contributed by atoms with van der Waals surface area (Å²) >= 11 is 7.96. The van der Waals surface area contributed by atoms with Crippen molar-refractivity contribution in [1.82, 2.24) is 5.32 Å². The lowest BCUT2D eigenvalue weighted by Gasteiger charge is -2.18. The minimum Gasteiger partial charge on any atom is -0.310 e. The fourth-order valence-electron chi connectivity index (χ4n) is 2.02. The molecule has 0 aliphatic rings. The van der Waals surface area contributed by atoms with Gasteiger partial charge in [-0.25, -0.2) is 0 Å². The number of rotatable bonds is 5. The summed E-state index contributed by atoms with van der Waals surface area (Å²) in [6, 6.07) is 8.86. The predicted octanol–water partition coefficient (Wildman–Crippen LogP) is 4.60. The fourth-order valence-corrected chi connectivity index (χ4v) is 2.90. The minimum absolute atomic E-state index is 0.336. The molecule has 0 spiro atoms. The van der Waals surface area contributed by atoms with E-state index >= 15 is 0 Å². The molecule has 1 nitrogen and oxygen atoms in total. The van der Waals surface area contributed by atoms with Crippen LogP contribution in [0.25, 0.3) is 0 Å². The minimum atomic E-state index is 0.336. The lowest BCUT2D eigenvalue weighted by atomic mass is 9.99. The molecule has 0 fully saturated rings. The molecule has 0 saturated carbocycles. The van der Waals surface area contributed by atoms with Gasteiger partial charge in [0.2, 0.25) is 0 Å². The molecular formula is C15H18ClNS. The van der Waals surface area contributed by atoms with Gasteiger partial charge in [-0.2, -0.15) is 11.3 Å². The Morgan fingerprint density at radius 3 is 2.78 bits per heavy atom. The van der Waals surface area contributed by atoms with Gasteiger partial charge in [0.25, 0.3) is 0 Å². The lowest BCUT2D eigenvalue weighted by Crippen LogP contribution is -2.22. The Hall–Kier alpha value is -0.830. The summed E-state index contributed by atoms with van der Waals surface area (Å²) in [5.41, 5.74) is 3.77. The molecule has 0 amide bonds. The number of hydrogen-bond donors (Lipinski definition) is 1. The van der Waals surface area contributed by atoms with Crippen LogP contribution in [0.3, 0.4) is 0 Å². The van der Waals surface area contributed by atoms with Crippen molar-refractivity contribution in [3.05, 3.63) is 56.7 Å². The molecule has 2 aromatic rings. The van der Waals surface area contributed by atoms with Gasteiger partial charge in [-0.05, 0) is 59.5 Å². The van der Waals surface area contributed by atoms with Crippen LogP contribution in [0, 0.1) is 6.92 Å². The molecule has 1 aromatic carbocycles. The highest BCUT2D eigenvalue weighted by Gasteiger charge is 2.12. The van der Waals surface area contributed by atoms with E-state index in [1.165, 1.54) is 11.1 Å². The Morgan fingerprint density at radius 2 is 2.17 bits per heavy atom. The number of halogens is 1. The summed E-state index contributed by atoms with van der Waals surface area (Å²) in [7, 11) is 0. The zero-order chi connectivity index (χ0) is 13.0. The second kappa shape index (κ2) is 6.37. The van der Waals surface area contributed by atoms with Gasteiger partial charge in [-0.1, -0.05) is 30.7 Å². The van der Waals surface area contributed by atoms with E-state index in [0.717, 1.165) is 23.6 Å². The van der Waals surface area contributed by atoms with E-state index in [0.29, 0.717) is 6.04 Å². The first kappa shape index (κ1) is 13.6. The van der Waals surface area contributed by atoms with Gasteiger partial charge < -0.3 is 5.32 Å². The van der Waals surface area contributed by atoms with Crippen LogP contribution >= 0.6 is 22.9 Å². The fraction of sp³-hybridized carbons (Fsp3) is 0.333. The Labute approximate surface area is 118 Å². The van der Waals surface area contributed by atoms with E-state index in [2.05, 4.69) is 47.3 Å². The third-order valence-corrected chi connectivity index (χ3v) is 4.21. The van der Waals surface area contributed by atoms with Crippen LogP contribution in [0.4, 0.5) is 0 Å². The van der Waals surface area contributed by atoms with Crippen molar-refractivity contribution < 1.29 is 0 Å². The van der Waals surface area contributed by atoms with Crippen molar-refractivity contribution in [3.63, 3.8) is 0 Å². The quantitative estimate of drug-likeness (QED) is 0.843. The zero-order valence-electron chi connectivity index (χ0n) is 10.7. The van der Waals surface area contributed by atoms with Crippen LogP contribution in [0.1, 0.15) is 29.7 Å². The van der Waals surface area contributed by atoms with E-state index in [-0.39, 0.29) is 0 Å². The number of benzene rings is 1. The molecule has 0 radical (unpaired) electrons. The van der Waals surface area contributed by atoms with Crippen LogP contribution in [0.15, 0.2) is 35.0 Å². The monoisotopic (exact) mass is 279 g/mol. The first-order valence-corrected chi connectivity index (χ1v) is 7.53. The second-order valence-electron chi connectivity index (χ2n) is 4.45. The first-order valence-electron chi connectivity index (χ1n) is 6.21. The molecular weight excluding hydrogens is 262 g/mol. The van der Waals surface area contributed by atoms with Crippen molar-refractivity contribution in [1.29, 1.82) is 0 Å². The van der Waals surface area contributed by atoms with E-state index in [4.69, 9.17) is 11.6 Å². The van der Waals surface area contributed by atoms with Gasteiger partial charge in [0.05, 0.1) is 0 Å². The van der Waals surface area contributed by atoms with Crippen LogP contribution in [0.2, 0.25) is 5.02 Å². The van der Waals surface area contributed by atoms with Crippen molar-refractivity contribution >= 4 is 22.9 Å². The molecule has 0 aliphatic heterocycles. The topological polar surface area (TPSA) is 12.0 Å². The van der Waals surface area contributed by atoms with Crippen molar-refractivity contribution in [3.8, 4) is 0 Å². The third-order valence-electron chi connectivity index (χ3n) is 3.07. The van der Waals surface area contributed by atoms with Crippen LogP contribution < -0.4 is 5.32 Å². The van der Waals surface area contributed by atoms with Gasteiger partial charge in [0, 0.05) is 11.1 Å². The van der Waals surface area contributed by atoms with E-state index in [1.54, 1.807) is 11.3 Å². The van der Waals surface area contributed by atoms with E-state index < -0.39 is 0 Å². The molecule has 2 rings (SSSR count). The Bertz CT molecular complexity index is 493. The Balaban J connectivity index is 2.20. The molecule has 1 unspecified atom stereocenters. The molecule has 0 aliphatic carbocycles. The summed E-state index contributed by atoms with van der Waals surface area (Å²) in [5.74, 6) is 0. The zero-order valence-corrected chi connectivity index (χ0v) is 12.3. The summed E-state index contributed by atoms with van der Waals surface area (Å²) in [6.07, 6.45) is 1.01. The van der Waals surface area contributed by atoms with Gasteiger partial charge in [0.15, 0.2) is 0 Å². The molecule has 1 atom stereocenters. The highest BCUT2D eigenvalue weighted by molar-refractivity contribution is 7.07. The van der Waals surface area contributed by atoms with Crippen molar-refractivity contribution in [2.45, 2.75) is 26.3 Å². The van der Waals surface area contributed by atoms with Crippen LogP contribution in [-0.4, -0.2) is 6.54 Å². The van der Waals surface area contributed by atoms with Crippen LogP contribution in [0.5, 0.6) is 0 Å². The third kappa shape index (κ3) is 3.35. The molecule has 0 bridgehead atoms. The van der Waals surface area contributed by atoms with Gasteiger partial charge >= 0.3 is 0 Å². The Morgan fingerprint density at radius 1 is 1.33 bits per heavy atom. The lowest BCUT2D eigenvalue weighted by molar-refractivity contribution is 0.550. The standard InChI is InChI=1S/C15H18ClNS/c1-3-17-15(8-12-6-7-18-10-12)13-5-4-11(2)14(16)9-13/h4-7,9-10,15,17H,3,8H2,1-2H3. The molecule has 1 N–H and O–H groups in total. The largest absolute Gasteiger partial charge is 0.310 e. The van der Waals surface area contributed by atoms with Gasteiger partial charge in [-0.3, -0.25) is 0 Å². The summed E-state index contributed by atoms with van der Waals surface area (Å²) in [4.78, 5) is 0. The molecule has 3 heteroatoms. The average molecular weight is 280 g/mol. The number of hydrogen-bond acceptors (Lipinski definition) is 2. The maximum absolute atomic E-state index is 6.21. The maximum Gasteiger partial charge on any atom is 0.0438 e. The highest BCUT2D eigenvalue weighted by Crippen LogP contribution is 2.24. The second-order valence-corrected chi connectivity index (χ2v) is 5.64. The molecule has 1 aromatic heterocycles. The molecule has 96 valence electrons. The van der Waals surface area contributed by atoms with Gasteiger partial charge in [-0.15, -0.1) is 0 Å². The highest BCUT2D eigenvalue weighted by atomic mass is 35.5. The van der Waals surface area contributed by atoms with E-state index in [1.807, 2.05) is 6.92 Å². The smallest absolute Gasteiger partial charge is 0.0438 e. The summed E-state index contributed by atoms with van der Waals surface area (Å²) < 4.78 is 0. The summed E-state index contributed by atoms with van der Waals surface area (Å²) in [5, 5.41) is 8.71. The Kier molecular flexibility index (Phi) is 4.81. The average Bonchev–Trinajstić information content (AvgIpc) is 2.85. The number of thiophene rings is 1. The molecule has 0 saturated heterocycles. The first-order chi connectivity index (χ1) is 8.70. The number of likely N-dealkylation sites (N-methyl/N-ethyl adjacent to an activating group) is 1. The normalized spacial score (nSPS) is 12.6. The van der Waals surface area contributed by atoms with E-state index in [9.17, 15) is 0 Å². The number of aryl methyl sites for hydroxylation is 1. The predicted molar refractivity (Wildman–Crippen MR) is 80.6 cm³/mol. The summed E-state index contributed by atoms with van der Waals surface area (Å²) in [6.45, 7) is 5.13. The SMILES string of the molecule is CCNC(Cc1ccsc1)c1ccc(C)c(Cl)c1. The van der Waals surface area contributed by atoms with Gasteiger partial charge in [0.1, 0.15) is 0 Å². The van der Waals surface area contributed by atoms with Crippen molar-refractivity contribution in [2.75, 3.05) is 6.54 Å². The molecule has 1 heterocycles.